The molecule has 1 amide bonds. The van der Waals surface area contributed by atoms with Gasteiger partial charge in [0.15, 0.2) is 0 Å². The molecule has 4 nitrogen and oxygen atoms in total. The zero-order valence-electron chi connectivity index (χ0n) is 15.1. The first-order valence-corrected chi connectivity index (χ1v) is 9.74. The van der Waals surface area contributed by atoms with Crippen molar-refractivity contribution >= 4 is 17.5 Å². The first-order valence-electron chi connectivity index (χ1n) is 9.36. The molecule has 5 heteroatoms. The molecule has 1 aliphatic carbocycles. The Kier molecular flexibility index (Phi) is 6.37. The monoisotopic (exact) mass is 364 g/mol. The highest BCUT2D eigenvalue weighted by atomic mass is 35.5. The van der Waals surface area contributed by atoms with E-state index in [1.165, 1.54) is 18.4 Å². The van der Waals surface area contributed by atoms with E-state index in [1.54, 1.807) is 7.11 Å². The van der Waals surface area contributed by atoms with Gasteiger partial charge in [-0.15, -0.1) is 0 Å². The fourth-order valence-electron chi connectivity index (χ4n) is 3.74. The molecule has 1 aromatic carbocycles. The molecule has 1 N–H and O–H groups in total. The van der Waals surface area contributed by atoms with Gasteiger partial charge in [-0.1, -0.05) is 23.7 Å². The van der Waals surface area contributed by atoms with Crippen molar-refractivity contribution in [1.29, 1.82) is 0 Å². The third-order valence-corrected chi connectivity index (χ3v) is 5.73. The van der Waals surface area contributed by atoms with E-state index in [-0.39, 0.29) is 11.3 Å². The lowest BCUT2D eigenvalue weighted by Gasteiger charge is -2.39. The molecule has 0 aromatic heterocycles. The Morgan fingerprint density at radius 1 is 1.28 bits per heavy atom. The van der Waals surface area contributed by atoms with Crippen molar-refractivity contribution in [2.45, 2.75) is 32.1 Å². The largest absolute Gasteiger partial charge is 0.384 e. The molecule has 2 fully saturated rings. The first-order chi connectivity index (χ1) is 12.1. The molecule has 0 atom stereocenters. The van der Waals surface area contributed by atoms with Crippen molar-refractivity contribution in [2.24, 2.45) is 11.3 Å². The first kappa shape index (κ1) is 18.7. The second kappa shape index (κ2) is 8.52. The van der Waals surface area contributed by atoms with Crippen LogP contribution in [0.2, 0.25) is 5.02 Å². The highest BCUT2D eigenvalue weighted by molar-refractivity contribution is 6.30. The summed E-state index contributed by atoms with van der Waals surface area (Å²) in [5.74, 6) is 0.979. The van der Waals surface area contributed by atoms with Gasteiger partial charge in [-0.25, -0.2) is 0 Å². The molecular weight excluding hydrogens is 336 g/mol. The van der Waals surface area contributed by atoms with E-state index in [0.29, 0.717) is 12.5 Å². The summed E-state index contributed by atoms with van der Waals surface area (Å²) in [6, 6.07) is 7.95. The van der Waals surface area contributed by atoms with E-state index < -0.39 is 0 Å². The van der Waals surface area contributed by atoms with Crippen LogP contribution in [-0.4, -0.2) is 50.7 Å². The topological polar surface area (TPSA) is 41.6 Å². The van der Waals surface area contributed by atoms with E-state index in [1.807, 2.05) is 12.1 Å². The molecule has 1 saturated heterocycles. The number of halogens is 1. The SMILES string of the molecule is COCC1(C(=O)N(CCc2ccc(Cl)cc2)CC2CC2)CCNCC1. The van der Waals surface area contributed by atoms with Gasteiger partial charge >= 0.3 is 0 Å². The Hall–Kier alpha value is -1.10. The third kappa shape index (κ3) is 4.96. The van der Waals surface area contributed by atoms with Crippen LogP contribution in [0.4, 0.5) is 0 Å². The number of carbonyl (C=O) groups is 1. The van der Waals surface area contributed by atoms with Gasteiger partial charge in [0.25, 0.3) is 0 Å². The highest BCUT2D eigenvalue weighted by Crippen LogP contribution is 2.35. The summed E-state index contributed by atoms with van der Waals surface area (Å²) in [4.78, 5) is 15.6. The summed E-state index contributed by atoms with van der Waals surface area (Å²) in [7, 11) is 1.70. The average Bonchev–Trinajstić information content (AvgIpc) is 3.44. The number of piperidine rings is 1. The molecule has 0 bridgehead atoms. The fraction of sp³-hybridized carbons (Fsp3) is 0.650. The molecule has 1 aromatic rings. The van der Waals surface area contributed by atoms with Gasteiger partial charge in [-0.05, 0) is 68.8 Å². The second-order valence-corrected chi connectivity index (χ2v) is 7.97. The lowest BCUT2D eigenvalue weighted by Crippen LogP contribution is -2.52. The van der Waals surface area contributed by atoms with Crippen LogP contribution in [0.3, 0.4) is 0 Å². The number of amides is 1. The average molecular weight is 365 g/mol. The van der Waals surface area contributed by atoms with Gasteiger partial charge in [0.2, 0.25) is 5.91 Å². The van der Waals surface area contributed by atoms with E-state index in [9.17, 15) is 4.79 Å². The number of ether oxygens (including phenoxy) is 1. The van der Waals surface area contributed by atoms with Gasteiger partial charge in [0, 0.05) is 25.2 Å². The van der Waals surface area contributed by atoms with E-state index >= 15 is 0 Å². The molecule has 0 unspecified atom stereocenters. The van der Waals surface area contributed by atoms with Crippen molar-refractivity contribution in [3.63, 3.8) is 0 Å². The molecule has 1 saturated carbocycles. The Bertz CT molecular complexity index is 560. The maximum atomic E-state index is 13.4. The van der Waals surface area contributed by atoms with Crippen LogP contribution in [-0.2, 0) is 16.0 Å². The third-order valence-electron chi connectivity index (χ3n) is 5.48. The normalized spacial score (nSPS) is 19.6. The van der Waals surface area contributed by atoms with Crippen LogP contribution in [0.25, 0.3) is 0 Å². The van der Waals surface area contributed by atoms with Crippen molar-refractivity contribution in [3.8, 4) is 0 Å². The summed E-state index contributed by atoms with van der Waals surface area (Å²) in [6.07, 6.45) is 5.10. The molecule has 0 radical (unpaired) electrons. The van der Waals surface area contributed by atoms with Gasteiger partial charge in [0.1, 0.15) is 0 Å². The fourth-order valence-corrected chi connectivity index (χ4v) is 3.87. The van der Waals surface area contributed by atoms with Gasteiger partial charge < -0.3 is 15.0 Å². The zero-order chi connectivity index (χ0) is 17.7. The number of hydrogen-bond acceptors (Lipinski definition) is 3. The van der Waals surface area contributed by atoms with E-state index in [2.05, 4.69) is 22.3 Å². The Morgan fingerprint density at radius 3 is 2.56 bits per heavy atom. The quantitative estimate of drug-likeness (QED) is 0.770. The standard InChI is InChI=1S/C20H29ClN2O2/c1-25-15-20(9-11-22-12-10-20)19(24)23(14-17-2-3-17)13-8-16-4-6-18(21)7-5-16/h4-7,17,22H,2-3,8-15H2,1H3. The molecule has 25 heavy (non-hydrogen) atoms. The van der Waals surface area contributed by atoms with Gasteiger partial charge in [0.05, 0.1) is 12.0 Å². The van der Waals surface area contributed by atoms with Crippen LogP contribution in [0, 0.1) is 11.3 Å². The number of rotatable bonds is 8. The maximum Gasteiger partial charge on any atom is 0.231 e. The van der Waals surface area contributed by atoms with Crippen LogP contribution < -0.4 is 5.32 Å². The minimum Gasteiger partial charge on any atom is -0.384 e. The Morgan fingerprint density at radius 2 is 1.96 bits per heavy atom. The number of nitrogens with one attached hydrogen (secondary N) is 1. The van der Waals surface area contributed by atoms with Gasteiger partial charge in [-0.2, -0.15) is 0 Å². The van der Waals surface area contributed by atoms with Crippen LogP contribution in [0.15, 0.2) is 24.3 Å². The van der Waals surface area contributed by atoms with Crippen molar-refractivity contribution in [3.05, 3.63) is 34.9 Å². The van der Waals surface area contributed by atoms with Crippen molar-refractivity contribution in [1.82, 2.24) is 10.2 Å². The minimum absolute atomic E-state index is 0.289. The van der Waals surface area contributed by atoms with Crippen LogP contribution in [0.5, 0.6) is 0 Å². The van der Waals surface area contributed by atoms with E-state index in [0.717, 1.165) is 50.5 Å². The number of nitrogens with zero attached hydrogens (tertiary/aromatic N) is 1. The highest BCUT2D eigenvalue weighted by Gasteiger charge is 2.43. The number of carbonyl (C=O) groups excluding carboxylic acids is 1. The van der Waals surface area contributed by atoms with Crippen molar-refractivity contribution < 1.29 is 9.53 Å². The Balaban J connectivity index is 1.69. The van der Waals surface area contributed by atoms with Crippen molar-refractivity contribution in [2.75, 3.05) is 39.9 Å². The summed E-state index contributed by atoms with van der Waals surface area (Å²) < 4.78 is 5.46. The Labute approximate surface area is 155 Å². The van der Waals surface area contributed by atoms with Crippen LogP contribution >= 0.6 is 11.6 Å². The lowest BCUT2D eigenvalue weighted by molar-refractivity contribution is -0.147. The van der Waals surface area contributed by atoms with Crippen LogP contribution in [0.1, 0.15) is 31.2 Å². The molecule has 0 spiro atoms. The molecule has 138 valence electrons. The summed E-state index contributed by atoms with van der Waals surface area (Å²) in [5, 5.41) is 4.12. The molecule has 1 aliphatic heterocycles. The minimum atomic E-state index is -0.352. The molecular formula is C20H29ClN2O2. The molecule has 3 rings (SSSR count). The predicted molar refractivity (Wildman–Crippen MR) is 101 cm³/mol. The summed E-state index contributed by atoms with van der Waals surface area (Å²) >= 11 is 5.97. The molecule has 2 aliphatic rings. The zero-order valence-corrected chi connectivity index (χ0v) is 15.9. The number of hydrogen-bond donors (Lipinski definition) is 1. The summed E-state index contributed by atoms with van der Waals surface area (Å²) in [5.41, 5.74) is 0.874. The summed E-state index contributed by atoms with van der Waals surface area (Å²) in [6.45, 7) is 3.98. The number of benzene rings is 1. The smallest absolute Gasteiger partial charge is 0.231 e. The van der Waals surface area contributed by atoms with Gasteiger partial charge in [-0.3, -0.25) is 4.79 Å². The van der Waals surface area contributed by atoms with E-state index in [4.69, 9.17) is 16.3 Å². The molecule has 1 heterocycles. The lowest BCUT2D eigenvalue weighted by atomic mass is 9.78. The number of methoxy groups -OCH3 is 1. The second-order valence-electron chi connectivity index (χ2n) is 7.53. The predicted octanol–water partition coefficient (Wildman–Crippen LogP) is 3.14. The maximum absolute atomic E-state index is 13.4.